The predicted octanol–water partition coefficient (Wildman–Crippen LogP) is 4.31. The SMILES string of the molecule is CC(O)c1cccc(SCc2cc(F)ccc2F)c1. The van der Waals surface area contributed by atoms with Crippen molar-refractivity contribution in [2.45, 2.75) is 23.7 Å². The molecule has 2 aromatic carbocycles. The predicted molar refractivity (Wildman–Crippen MR) is 73.0 cm³/mol. The summed E-state index contributed by atoms with van der Waals surface area (Å²) in [5, 5.41) is 9.50. The molecule has 0 aliphatic carbocycles. The number of benzene rings is 2. The lowest BCUT2D eigenvalue weighted by molar-refractivity contribution is 0.199. The highest BCUT2D eigenvalue weighted by atomic mass is 32.2. The zero-order valence-electron chi connectivity index (χ0n) is 10.4. The molecule has 0 saturated heterocycles. The standard InChI is InChI=1S/C15H14F2OS/c1-10(18)11-3-2-4-14(8-11)19-9-12-7-13(16)5-6-15(12)17/h2-8,10,18H,9H2,1H3. The lowest BCUT2D eigenvalue weighted by atomic mass is 10.1. The maximum absolute atomic E-state index is 13.5. The van der Waals surface area contributed by atoms with Crippen LogP contribution in [0.4, 0.5) is 8.78 Å². The van der Waals surface area contributed by atoms with Crippen molar-refractivity contribution in [2.75, 3.05) is 0 Å². The Labute approximate surface area is 115 Å². The maximum atomic E-state index is 13.5. The molecule has 2 aromatic rings. The number of hydrogen-bond acceptors (Lipinski definition) is 2. The van der Waals surface area contributed by atoms with Crippen molar-refractivity contribution < 1.29 is 13.9 Å². The van der Waals surface area contributed by atoms with E-state index in [9.17, 15) is 13.9 Å². The van der Waals surface area contributed by atoms with Crippen LogP contribution < -0.4 is 0 Å². The highest BCUT2D eigenvalue weighted by molar-refractivity contribution is 7.98. The van der Waals surface area contributed by atoms with Gasteiger partial charge in [-0.05, 0) is 42.8 Å². The normalized spacial score (nSPS) is 12.4. The van der Waals surface area contributed by atoms with Crippen molar-refractivity contribution in [2.24, 2.45) is 0 Å². The van der Waals surface area contributed by atoms with E-state index in [2.05, 4.69) is 0 Å². The average molecular weight is 280 g/mol. The Morgan fingerprint density at radius 3 is 2.68 bits per heavy atom. The molecule has 0 aromatic heterocycles. The zero-order chi connectivity index (χ0) is 13.8. The smallest absolute Gasteiger partial charge is 0.127 e. The fraction of sp³-hybridized carbons (Fsp3) is 0.200. The Morgan fingerprint density at radius 1 is 1.16 bits per heavy atom. The zero-order valence-corrected chi connectivity index (χ0v) is 11.3. The van der Waals surface area contributed by atoms with Crippen molar-refractivity contribution in [3.63, 3.8) is 0 Å². The first-order valence-corrected chi connectivity index (χ1v) is 6.89. The van der Waals surface area contributed by atoms with Crippen LogP contribution in [0.15, 0.2) is 47.4 Å². The largest absolute Gasteiger partial charge is 0.389 e. The Bertz CT molecular complexity index is 570. The van der Waals surface area contributed by atoms with Gasteiger partial charge in [0.25, 0.3) is 0 Å². The van der Waals surface area contributed by atoms with Crippen LogP contribution in [0.25, 0.3) is 0 Å². The molecule has 0 heterocycles. The molecule has 1 atom stereocenters. The molecule has 4 heteroatoms. The minimum absolute atomic E-state index is 0.340. The monoisotopic (exact) mass is 280 g/mol. The fourth-order valence-corrected chi connectivity index (χ4v) is 2.62. The first kappa shape index (κ1) is 14.0. The molecule has 1 unspecified atom stereocenters. The molecule has 0 aliphatic heterocycles. The molecule has 0 radical (unpaired) electrons. The van der Waals surface area contributed by atoms with E-state index in [0.717, 1.165) is 22.6 Å². The summed E-state index contributed by atoms with van der Waals surface area (Å²) in [4.78, 5) is 0.919. The van der Waals surface area contributed by atoms with Gasteiger partial charge in [-0.1, -0.05) is 12.1 Å². The molecule has 1 nitrogen and oxygen atoms in total. The van der Waals surface area contributed by atoms with Gasteiger partial charge >= 0.3 is 0 Å². The second kappa shape index (κ2) is 6.17. The molecule has 0 amide bonds. The molecule has 0 saturated carbocycles. The number of halogens is 2. The van der Waals surface area contributed by atoms with E-state index < -0.39 is 17.7 Å². The molecule has 19 heavy (non-hydrogen) atoms. The summed E-state index contributed by atoms with van der Waals surface area (Å²) < 4.78 is 26.5. The van der Waals surface area contributed by atoms with E-state index >= 15 is 0 Å². The van der Waals surface area contributed by atoms with Crippen molar-refractivity contribution in [1.29, 1.82) is 0 Å². The third kappa shape index (κ3) is 3.78. The van der Waals surface area contributed by atoms with Crippen LogP contribution in [-0.4, -0.2) is 5.11 Å². The van der Waals surface area contributed by atoms with Crippen LogP contribution in [0.3, 0.4) is 0 Å². The molecule has 0 fully saturated rings. The third-order valence-electron chi connectivity index (χ3n) is 2.74. The number of rotatable bonds is 4. The van der Waals surface area contributed by atoms with Gasteiger partial charge in [0.1, 0.15) is 11.6 Å². The Kier molecular flexibility index (Phi) is 4.56. The number of thioether (sulfide) groups is 1. The van der Waals surface area contributed by atoms with E-state index in [0.29, 0.717) is 11.3 Å². The molecule has 1 N–H and O–H groups in total. The molecule has 0 aliphatic rings. The Balaban J connectivity index is 2.10. The van der Waals surface area contributed by atoms with Crippen molar-refractivity contribution in [1.82, 2.24) is 0 Å². The summed E-state index contributed by atoms with van der Waals surface area (Å²) in [6.45, 7) is 1.69. The van der Waals surface area contributed by atoms with E-state index in [-0.39, 0.29) is 0 Å². The lowest BCUT2D eigenvalue weighted by Gasteiger charge is -2.08. The molecular formula is C15H14F2OS. The Hall–Kier alpha value is -1.39. The second-order valence-corrected chi connectivity index (χ2v) is 5.32. The summed E-state index contributed by atoms with van der Waals surface area (Å²) in [5.41, 5.74) is 1.15. The van der Waals surface area contributed by atoms with E-state index in [4.69, 9.17) is 0 Å². The summed E-state index contributed by atoms with van der Waals surface area (Å²) in [6.07, 6.45) is -0.536. The summed E-state index contributed by atoms with van der Waals surface area (Å²) >= 11 is 1.41. The molecular weight excluding hydrogens is 266 g/mol. The molecule has 2 rings (SSSR count). The van der Waals surface area contributed by atoms with Crippen LogP contribution in [0, 0.1) is 11.6 Å². The van der Waals surface area contributed by atoms with Gasteiger partial charge in [-0.3, -0.25) is 0 Å². The summed E-state index contributed by atoms with van der Waals surface area (Å²) in [7, 11) is 0. The minimum atomic E-state index is -0.536. The topological polar surface area (TPSA) is 20.2 Å². The number of aliphatic hydroxyl groups is 1. The van der Waals surface area contributed by atoms with Crippen molar-refractivity contribution >= 4 is 11.8 Å². The minimum Gasteiger partial charge on any atom is -0.389 e. The van der Waals surface area contributed by atoms with Gasteiger partial charge in [0.05, 0.1) is 6.10 Å². The van der Waals surface area contributed by atoms with Crippen LogP contribution >= 0.6 is 11.8 Å². The quantitative estimate of drug-likeness (QED) is 0.842. The van der Waals surface area contributed by atoms with Crippen molar-refractivity contribution in [3.8, 4) is 0 Å². The summed E-state index contributed by atoms with van der Waals surface area (Å²) in [5.74, 6) is -0.484. The van der Waals surface area contributed by atoms with Gasteiger partial charge < -0.3 is 5.11 Å². The van der Waals surface area contributed by atoms with E-state index in [1.54, 1.807) is 6.92 Å². The highest BCUT2D eigenvalue weighted by Crippen LogP contribution is 2.26. The van der Waals surface area contributed by atoms with Gasteiger partial charge in [-0.2, -0.15) is 0 Å². The molecule has 0 spiro atoms. The number of aliphatic hydroxyl groups excluding tert-OH is 1. The lowest BCUT2D eigenvalue weighted by Crippen LogP contribution is -1.92. The fourth-order valence-electron chi connectivity index (χ4n) is 1.68. The van der Waals surface area contributed by atoms with Gasteiger partial charge in [0.2, 0.25) is 0 Å². The van der Waals surface area contributed by atoms with E-state index in [1.165, 1.54) is 17.8 Å². The third-order valence-corrected chi connectivity index (χ3v) is 3.79. The summed E-state index contributed by atoms with van der Waals surface area (Å²) in [6, 6.07) is 10.9. The van der Waals surface area contributed by atoms with Gasteiger partial charge in [-0.15, -0.1) is 11.8 Å². The Morgan fingerprint density at radius 2 is 1.95 bits per heavy atom. The van der Waals surface area contributed by atoms with Gasteiger partial charge in [-0.25, -0.2) is 8.78 Å². The van der Waals surface area contributed by atoms with Crippen LogP contribution in [0.1, 0.15) is 24.2 Å². The van der Waals surface area contributed by atoms with Gasteiger partial charge in [0.15, 0.2) is 0 Å². The van der Waals surface area contributed by atoms with E-state index in [1.807, 2.05) is 24.3 Å². The van der Waals surface area contributed by atoms with Crippen LogP contribution in [0.5, 0.6) is 0 Å². The van der Waals surface area contributed by atoms with Gasteiger partial charge in [0, 0.05) is 16.2 Å². The van der Waals surface area contributed by atoms with Crippen LogP contribution in [-0.2, 0) is 5.75 Å². The maximum Gasteiger partial charge on any atom is 0.127 e. The molecule has 100 valence electrons. The average Bonchev–Trinajstić information content (AvgIpc) is 2.40. The first-order chi connectivity index (χ1) is 9.06. The van der Waals surface area contributed by atoms with Crippen LogP contribution in [0.2, 0.25) is 0 Å². The molecule has 0 bridgehead atoms. The first-order valence-electron chi connectivity index (χ1n) is 5.91. The second-order valence-electron chi connectivity index (χ2n) is 4.27. The highest BCUT2D eigenvalue weighted by Gasteiger charge is 2.06. The number of hydrogen-bond donors (Lipinski definition) is 1. The van der Waals surface area contributed by atoms with Crippen molar-refractivity contribution in [3.05, 3.63) is 65.2 Å².